The first-order valence-corrected chi connectivity index (χ1v) is 4.91. The third-order valence-electron chi connectivity index (χ3n) is 0.816. The van der Waals surface area contributed by atoms with E-state index < -0.39 is 7.82 Å². The molecule has 0 fully saturated rings. The molecule has 0 rings (SSSR count). The van der Waals surface area contributed by atoms with Crippen molar-refractivity contribution in [3.63, 3.8) is 0 Å². The summed E-state index contributed by atoms with van der Waals surface area (Å²) in [5.41, 5.74) is 0. The van der Waals surface area contributed by atoms with Crippen molar-refractivity contribution in [2.24, 2.45) is 0 Å². The molecule has 0 aromatic heterocycles. The number of rotatable bonds is 4. The van der Waals surface area contributed by atoms with E-state index in [2.05, 4.69) is 26.8 Å². The molecule has 0 aromatic carbocycles. The van der Waals surface area contributed by atoms with Crippen LogP contribution >= 0.6 is 20.0 Å². The summed E-state index contributed by atoms with van der Waals surface area (Å²) in [5, 5.41) is 2.70. The number of nitrogens with one attached hydrogen (secondary N) is 1. The van der Waals surface area contributed by atoms with E-state index in [0.29, 0.717) is 0 Å². The highest BCUT2D eigenvalue weighted by molar-refractivity contribution is 7.80. The van der Waals surface area contributed by atoms with Gasteiger partial charge in [0.25, 0.3) is 5.17 Å². The summed E-state index contributed by atoms with van der Waals surface area (Å²) in [4.78, 5) is 16.5. The average Bonchev–Trinajstić information content (AvgIpc) is 1.96. The van der Waals surface area contributed by atoms with Crippen molar-refractivity contribution in [1.29, 1.82) is 0 Å². The summed E-state index contributed by atoms with van der Waals surface area (Å²) in [6.07, 6.45) is 0. The van der Waals surface area contributed by atoms with Crippen LogP contribution in [0.1, 0.15) is 0 Å². The molecular formula is C4H10NO5PS. The normalized spacial score (nSPS) is 10.9. The molecule has 0 bridgehead atoms. The quantitative estimate of drug-likeness (QED) is 0.334. The van der Waals surface area contributed by atoms with E-state index in [1.807, 2.05) is 0 Å². The molecule has 12 heavy (non-hydrogen) atoms. The van der Waals surface area contributed by atoms with E-state index >= 15 is 0 Å². The molecule has 3 N–H and O–H groups in total. The molecule has 0 amide bonds. The smallest absolute Gasteiger partial charge is 0.469 e. The molecule has 0 heterocycles. The van der Waals surface area contributed by atoms with Gasteiger partial charge in [0.05, 0.1) is 13.7 Å². The number of thiocarbonyl (C=S) groups is 1. The molecule has 0 unspecified atom stereocenters. The van der Waals surface area contributed by atoms with E-state index in [9.17, 15) is 4.57 Å². The van der Waals surface area contributed by atoms with Gasteiger partial charge in [-0.15, -0.1) is 0 Å². The maximum Gasteiger partial charge on any atom is 0.469 e. The van der Waals surface area contributed by atoms with Gasteiger partial charge < -0.3 is 19.8 Å². The maximum atomic E-state index is 10.1. The maximum absolute atomic E-state index is 10.1. The number of ether oxygens (including phenoxy) is 1. The molecule has 72 valence electrons. The highest BCUT2D eigenvalue weighted by atomic mass is 32.1. The summed E-state index contributed by atoms with van der Waals surface area (Å²) < 4.78 is 18.8. The fraction of sp³-hybridized carbons (Fsp3) is 0.750. The predicted octanol–water partition coefficient (Wildman–Crippen LogP) is -0.383. The minimum Gasteiger partial charge on any atom is -0.474 e. The zero-order valence-corrected chi connectivity index (χ0v) is 8.10. The Morgan fingerprint density at radius 1 is 1.67 bits per heavy atom. The van der Waals surface area contributed by atoms with Crippen molar-refractivity contribution < 1.29 is 23.6 Å². The third kappa shape index (κ3) is 7.90. The fourth-order valence-electron chi connectivity index (χ4n) is 0.390. The summed E-state index contributed by atoms with van der Waals surface area (Å²) in [6, 6.07) is 0. The third-order valence-corrected chi connectivity index (χ3v) is 1.65. The summed E-state index contributed by atoms with van der Waals surface area (Å²) in [5.74, 6) is 0. The van der Waals surface area contributed by atoms with Gasteiger partial charge >= 0.3 is 7.82 Å². The molecule has 0 aliphatic rings. The van der Waals surface area contributed by atoms with Gasteiger partial charge in [-0.2, -0.15) is 0 Å². The van der Waals surface area contributed by atoms with Crippen LogP contribution in [0.3, 0.4) is 0 Å². The Morgan fingerprint density at radius 2 is 2.25 bits per heavy atom. The van der Waals surface area contributed by atoms with Gasteiger partial charge in [0, 0.05) is 6.54 Å². The van der Waals surface area contributed by atoms with Crippen LogP contribution in [0.25, 0.3) is 0 Å². The lowest BCUT2D eigenvalue weighted by Crippen LogP contribution is -2.26. The van der Waals surface area contributed by atoms with E-state index in [1.54, 1.807) is 0 Å². The Labute approximate surface area is 75.1 Å². The highest BCUT2D eigenvalue weighted by Gasteiger charge is 2.12. The van der Waals surface area contributed by atoms with E-state index in [-0.39, 0.29) is 18.3 Å². The lowest BCUT2D eigenvalue weighted by Gasteiger charge is -2.07. The van der Waals surface area contributed by atoms with Crippen molar-refractivity contribution in [3.05, 3.63) is 0 Å². The van der Waals surface area contributed by atoms with Gasteiger partial charge in [0.2, 0.25) is 0 Å². The lowest BCUT2D eigenvalue weighted by atomic mass is 10.7. The van der Waals surface area contributed by atoms with Crippen LogP contribution in [0.15, 0.2) is 0 Å². The molecule has 8 heteroatoms. The predicted molar refractivity (Wildman–Crippen MR) is 45.6 cm³/mol. The van der Waals surface area contributed by atoms with E-state index in [1.165, 1.54) is 7.11 Å². The Balaban J connectivity index is 3.34. The summed E-state index contributed by atoms with van der Waals surface area (Å²) >= 11 is 4.58. The van der Waals surface area contributed by atoms with Gasteiger partial charge in [0.1, 0.15) is 0 Å². The Kier molecular flexibility index (Phi) is 5.36. The number of phosphoric ester groups is 1. The molecule has 0 saturated carbocycles. The van der Waals surface area contributed by atoms with Gasteiger partial charge in [-0.3, -0.25) is 4.52 Å². The van der Waals surface area contributed by atoms with Gasteiger partial charge in [0.15, 0.2) is 0 Å². The van der Waals surface area contributed by atoms with Crippen molar-refractivity contribution >= 4 is 25.2 Å². The van der Waals surface area contributed by atoms with Crippen LogP contribution in [0.2, 0.25) is 0 Å². The van der Waals surface area contributed by atoms with Crippen LogP contribution in [-0.2, 0) is 13.8 Å². The standard InChI is InChI=1S/C4H10NO5PS/c1-9-4(12)5-2-3-10-11(6,7)8/h2-3H2,1H3,(H,5,12)(H2,6,7,8). The monoisotopic (exact) mass is 215 g/mol. The van der Waals surface area contributed by atoms with Crippen LogP contribution in [-0.4, -0.2) is 35.2 Å². The SMILES string of the molecule is COC(=S)NCCOP(=O)(O)O. The molecule has 0 spiro atoms. The molecule has 0 radical (unpaired) electrons. The highest BCUT2D eigenvalue weighted by Crippen LogP contribution is 2.34. The molecule has 0 aromatic rings. The lowest BCUT2D eigenvalue weighted by molar-refractivity contribution is 0.199. The number of phosphoric acid groups is 1. The summed E-state index contributed by atoms with van der Waals surface area (Å²) in [6.45, 7) is 0.0611. The molecule has 0 saturated heterocycles. The topological polar surface area (TPSA) is 88.0 Å². The molecule has 0 aliphatic heterocycles. The molecule has 0 aliphatic carbocycles. The number of hydrogen-bond acceptors (Lipinski definition) is 4. The number of methoxy groups -OCH3 is 1. The largest absolute Gasteiger partial charge is 0.474 e. The second-order valence-corrected chi connectivity index (χ2v) is 3.35. The zero-order chi connectivity index (χ0) is 9.61. The first kappa shape index (κ1) is 11.8. The Bertz CT molecular complexity index is 192. The van der Waals surface area contributed by atoms with Gasteiger partial charge in [-0.1, -0.05) is 0 Å². The second-order valence-electron chi connectivity index (χ2n) is 1.74. The van der Waals surface area contributed by atoms with Crippen LogP contribution in [0.5, 0.6) is 0 Å². The van der Waals surface area contributed by atoms with Crippen molar-refractivity contribution in [2.75, 3.05) is 20.3 Å². The van der Waals surface area contributed by atoms with E-state index in [4.69, 9.17) is 9.79 Å². The summed E-state index contributed by atoms with van der Waals surface area (Å²) in [7, 11) is -2.97. The van der Waals surface area contributed by atoms with Gasteiger partial charge in [-0.25, -0.2) is 4.57 Å². The zero-order valence-electron chi connectivity index (χ0n) is 6.39. The first-order valence-electron chi connectivity index (χ1n) is 2.97. The average molecular weight is 215 g/mol. The molecule has 0 atom stereocenters. The Hall–Kier alpha value is -0.200. The fourth-order valence-corrected chi connectivity index (χ4v) is 0.821. The first-order chi connectivity index (χ1) is 5.45. The minimum absolute atomic E-state index is 0.131. The van der Waals surface area contributed by atoms with Crippen molar-refractivity contribution in [3.8, 4) is 0 Å². The molecule has 6 nitrogen and oxygen atoms in total. The Morgan fingerprint density at radius 3 is 2.67 bits per heavy atom. The van der Waals surface area contributed by atoms with E-state index in [0.717, 1.165) is 0 Å². The van der Waals surface area contributed by atoms with Crippen LogP contribution < -0.4 is 5.32 Å². The van der Waals surface area contributed by atoms with Crippen LogP contribution in [0.4, 0.5) is 0 Å². The van der Waals surface area contributed by atoms with Crippen molar-refractivity contribution in [1.82, 2.24) is 5.32 Å². The van der Waals surface area contributed by atoms with Crippen LogP contribution in [0, 0.1) is 0 Å². The minimum atomic E-state index is -4.36. The van der Waals surface area contributed by atoms with Crippen molar-refractivity contribution in [2.45, 2.75) is 0 Å². The van der Waals surface area contributed by atoms with Gasteiger partial charge in [-0.05, 0) is 12.2 Å². The number of hydrogen-bond donors (Lipinski definition) is 3. The second kappa shape index (κ2) is 5.45. The molecular weight excluding hydrogens is 205 g/mol.